The second-order valence-electron chi connectivity index (χ2n) is 14.4. The van der Waals surface area contributed by atoms with Gasteiger partial charge in [-0.15, -0.1) is 0 Å². The van der Waals surface area contributed by atoms with Crippen molar-refractivity contribution in [3.63, 3.8) is 0 Å². The highest BCUT2D eigenvalue weighted by atomic mass is 16.6. The van der Waals surface area contributed by atoms with E-state index < -0.39 is 29.7 Å². The van der Waals surface area contributed by atoms with Gasteiger partial charge in [0.05, 0.1) is 23.6 Å². The van der Waals surface area contributed by atoms with Gasteiger partial charge in [-0.2, -0.15) is 5.26 Å². The molecule has 2 aliphatic heterocycles. The van der Waals surface area contributed by atoms with Gasteiger partial charge in [0.1, 0.15) is 35.7 Å². The smallest absolute Gasteiger partial charge is 0.410 e. The summed E-state index contributed by atoms with van der Waals surface area (Å²) in [4.78, 5) is 54.9. The number of piperazine rings is 1. The van der Waals surface area contributed by atoms with Gasteiger partial charge in [-0.05, 0) is 74.6 Å². The van der Waals surface area contributed by atoms with E-state index in [-0.39, 0.29) is 43.7 Å². The van der Waals surface area contributed by atoms with Gasteiger partial charge >= 0.3 is 12.2 Å². The van der Waals surface area contributed by atoms with Crippen LogP contribution >= 0.6 is 0 Å². The third-order valence-electron chi connectivity index (χ3n) is 9.73. The molecule has 13 nitrogen and oxygen atoms in total. The number of rotatable bonds is 6. The van der Waals surface area contributed by atoms with Crippen LogP contribution in [0.2, 0.25) is 0 Å². The lowest BCUT2D eigenvalue weighted by atomic mass is 9.98. The summed E-state index contributed by atoms with van der Waals surface area (Å²) in [5, 5.41) is 16.5. The van der Waals surface area contributed by atoms with Crippen LogP contribution in [0.25, 0.3) is 16.7 Å². The van der Waals surface area contributed by atoms with Crippen molar-refractivity contribution >= 4 is 41.0 Å². The van der Waals surface area contributed by atoms with Crippen LogP contribution in [0.4, 0.5) is 26.9 Å². The average molecular weight is 727 g/mol. The number of aromatic nitrogens is 2. The number of amides is 3. The summed E-state index contributed by atoms with van der Waals surface area (Å²) in [5.74, 6) is -0.291. The quantitative estimate of drug-likeness (QED) is 0.204. The van der Waals surface area contributed by atoms with E-state index in [1.165, 1.54) is 16.0 Å². The molecule has 0 saturated carbocycles. The van der Waals surface area contributed by atoms with E-state index in [4.69, 9.17) is 9.47 Å². The molecule has 0 spiro atoms. The van der Waals surface area contributed by atoms with Crippen LogP contribution in [0.5, 0.6) is 0 Å². The van der Waals surface area contributed by atoms with Crippen molar-refractivity contribution in [3.05, 3.63) is 107 Å². The Morgan fingerprint density at radius 1 is 0.963 bits per heavy atom. The number of nitrogens with zero attached hydrogens (tertiary/aromatic N) is 6. The van der Waals surface area contributed by atoms with Gasteiger partial charge in [0, 0.05) is 31.7 Å². The third-order valence-corrected chi connectivity index (χ3v) is 9.73. The maximum absolute atomic E-state index is 14.1. The summed E-state index contributed by atoms with van der Waals surface area (Å²) in [5.41, 5.74) is 6.59. The monoisotopic (exact) mass is 726 g/mol. The van der Waals surface area contributed by atoms with Crippen LogP contribution in [-0.4, -0.2) is 82.3 Å². The molecule has 1 atom stereocenters. The van der Waals surface area contributed by atoms with Crippen molar-refractivity contribution in [2.45, 2.75) is 52.2 Å². The topological polar surface area (TPSA) is 153 Å². The lowest BCUT2D eigenvalue weighted by molar-refractivity contribution is -0.122. The number of fused-ring (bicyclic) bond motifs is 4. The molecule has 1 aliphatic carbocycles. The lowest BCUT2D eigenvalue weighted by Gasteiger charge is -2.40. The van der Waals surface area contributed by atoms with E-state index in [1.54, 1.807) is 27.7 Å². The lowest BCUT2D eigenvalue weighted by Crippen LogP contribution is -2.61. The molecule has 3 aliphatic rings. The minimum atomic E-state index is -1.16. The number of para-hydroxylation sites is 2. The van der Waals surface area contributed by atoms with Crippen LogP contribution in [0, 0.1) is 18.3 Å². The molecule has 7 rings (SSSR count). The van der Waals surface area contributed by atoms with Crippen LogP contribution in [0.1, 0.15) is 56.0 Å². The standard InChI is InChI=1S/C41H42N8O5/c1-6-48-33-18-12-11-17-32(33)44-36(48)30(21-42)35-25(2)22-43-38(45-35)46-37(50)34-23-47(39(51)54-41(3,4)5)19-20-49(34)40(52)53-24-31-28-15-9-7-13-26(28)27-14-8-10-16-29(27)31/h7-18,22,31,34,44H,6,19-20,23-24H2,1-5H3,(H,43,45,46,50)/b36-30+. The molecule has 1 fully saturated rings. The van der Waals surface area contributed by atoms with Crippen LogP contribution in [-0.2, 0) is 14.3 Å². The number of carbonyl (C=O) groups is 3. The first-order chi connectivity index (χ1) is 26.0. The fourth-order valence-electron chi connectivity index (χ4n) is 7.22. The molecule has 0 radical (unpaired) electrons. The molecule has 1 aromatic heterocycles. The molecule has 3 aromatic carbocycles. The predicted molar refractivity (Wildman–Crippen MR) is 204 cm³/mol. The van der Waals surface area contributed by atoms with Gasteiger partial charge in [-0.25, -0.2) is 19.6 Å². The molecule has 4 aromatic rings. The van der Waals surface area contributed by atoms with Gasteiger partial charge in [-0.3, -0.25) is 15.0 Å². The summed E-state index contributed by atoms with van der Waals surface area (Å²) >= 11 is 0. The zero-order chi connectivity index (χ0) is 38.1. The second kappa shape index (κ2) is 14.5. The van der Waals surface area contributed by atoms with Gasteiger partial charge in [-0.1, -0.05) is 60.7 Å². The number of carbonyl (C=O) groups excluding carboxylic acids is 3. The molecule has 1 saturated heterocycles. The fourth-order valence-corrected chi connectivity index (χ4v) is 7.22. The summed E-state index contributed by atoms with van der Waals surface area (Å²) in [6.07, 6.45) is 0.248. The largest absolute Gasteiger partial charge is 0.448 e. The second-order valence-corrected chi connectivity index (χ2v) is 14.4. The number of nitrogens with one attached hydrogen (secondary N) is 2. The molecular weight excluding hydrogens is 685 g/mol. The highest BCUT2D eigenvalue weighted by molar-refractivity contribution is 5.97. The molecule has 0 bridgehead atoms. The molecule has 13 heteroatoms. The maximum atomic E-state index is 14.1. The van der Waals surface area contributed by atoms with Gasteiger partial charge < -0.3 is 24.6 Å². The number of nitriles is 1. The van der Waals surface area contributed by atoms with Crippen molar-refractivity contribution in [2.24, 2.45) is 0 Å². The SMILES string of the molecule is CCN1/C(=C(\C#N)c2nc(NC(=O)C3CN(C(=O)OC(C)(C)C)CCN3C(=O)OCC3c4ccccc4-c4ccccc43)ncc2C)Nc2ccccc21. The third kappa shape index (κ3) is 6.90. The highest BCUT2D eigenvalue weighted by Crippen LogP contribution is 2.44. The summed E-state index contributed by atoms with van der Waals surface area (Å²) in [6, 6.07) is 25.0. The van der Waals surface area contributed by atoms with Crippen molar-refractivity contribution in [3.8, 4) is 17.2 Å². The molecule has 54 heavy (non-hydrogen) atoms. The Morgan fingerprint density at radius 2 is 1.63 bits per heavy atom. The van der Waals surface area contributed by atoms with Crippen LogP contribution in [0.15, 0.2) is 84.8 Å². The Bertz CT molecular complexity index is 2160. The zero-order valence-electron chi connectivity index (χ0n) is 30.9. The maximum Gasteiger partial charge on any atom is 0.410 e. The number of hydrogen-bond donors (Lipinski definition) is 2. The van der Waals surface area contributed by atoms with Gasteiger partial charge in [0.15, 0.2) is 0 Å². The van der Waals surface area contributed by atoms with Gasteiger partial charge in [0.2, 0.25) is 5.95 Å². The normalized spacial score (nSPS) is 17.1. The number of allylic oxidation sites excluding steroid dienone is 1. The highest BCUT2D eigenvalue weighted by Gasteiger charge is 2.40. The first-order valence-corrected chi connectivity index (χ1v) is 18.0. The molecular formula is C41H42N8O5. The first kappa shape index (κ1) is 36.0. The minimum absolute atomic E-state index is 0.0256. The van der Waals surface area contributed by atoms with Crippen molar-refractivity contribution in [1.82, 2.24) is 19.8 Å². The first-order valence-electron chi connectivity index (χ1n) is 18.0. The summed E-state index contributed by atoms with van der Waals surface area (Å²) in [6.45, 7) is 9.74. The van der Waals surface area contributed by atoms with Crippen molar-refractivity contribution < 1.29 is 23.9 Å². The van der Waals surface area contributed by atoms with E-state index in [2.05, 4.69) is 38.8 Å². The minimum Gasteiger partial charge on any atom is -0.448 e. The average Bonchev–Trinajstić information content (AvgIpc) is 3.69. The molecule has 1 unspecified atom stereocenters. The van der Waals surface area contributed by atoms with E-state index >= 15 is 0 Å². The molecule has 276 valence electrons. The van der Waals surface area contributed by atoms with E-state index in [0.717, 1.165) is 33.6 Å². The number of aryl methyl sites for hydroxylation is 1. The Hall–Kier alpha value is -6.42. The Balaban J connectivity index is 1.14. The number of hydrogen-bond acceptors (Lipinski definition) is 10. The van der Waals surface area contributed by atoms with Crippen LogP contribution in [0.3, 0.4) is 0 Å². The molecule has 3 heterocycles. The Labute approximate surface area is 314 Å². The van der Waals surface area contributed by atoms with E-state index in [0.29, 0.717) is 23.6 Å². The molecule has 3 amide bonds. The zero-order valence-corrected chi connectivity index (χ0v) is 30.9. The predicted octanol–water partition coefficient (Wildman–Crippen LogP) is 6.74. The molecule has 2 N–H and O–H groups in total. The summed E-state index contributed by atoms with van der Waals surface area (Å²) < 4.78 is 11.6. The van der Waals surface area contributed by atoms with Crippen LogP contribution < -0.4 is 15.5 Å². The van der Waals surface area contributed by atoms with E-state index in [1.807, 2.05) is 72.5 Å². The Morgan fingerprint density at radius 3 is 2.30 bits per heavy atom. The fraction of sp³-hybridized carbons (Fsp3) is 0.317. The Kier molecular flexibility index (Phi) is 9.68. The number of anilines is 3. The van der Waals surface area contributed by atoms with Crippen molar-refractivity contribution in [2.75, 3.05) is 48.3 Å². The van der Waals surface area contributed by atoms with E-state index in [9.17, 15) is 19.6 Å². The number of ether oxygens (including phenoxy) is 2. The van der Waals surface area contributed by atoms with Gasteiger partial charge in [0.25, 0.3) is 5.91 Å². The van der Waals surface area contributed by atoms with Crippen molar-refractivity contribution in [1.29, 1.82) is 5.26 Å². The summed E-state index contributed by atoms with van der Waals surface area (Å²) in [7, 11) is 0. The number of benzene rings is 3.